The van der Waals surface area contributed by atoms with Crippen LogP contribution in [-0.4, -0.2) is 58.2 Å². The van der Waals surface area contributed by atoms with Crippen molar-refractivity contribution >= 4 is 11.7 Å². The van der Waals surface area contributed by atoms with Gasteiger partial charge >= 0.3 is 0 Å². The maximum Gasteiger partial charge on any atom is 0.222 e. The Kier molecular flexibility index (Phi) is 4.88. The van der Waals surface area contributed by atoms with Crippen molar-refractivity contribution in [2.45, 2.75) is 57.0 Å². The molecule has 1 N–H and O–H groups in total. The molecule has 25 heavy (non-hydrogen) atoms. The number of nitrogens with zero attached hydrogens (tertiary/aromatic N) is 4. The van der Waals surface area contributed by atoms with Crippen molar-refractivity contribution in [1.82, 2.24) is 14.9 Å². The summed E-state index contributed by atoms with van der Waals surface area (Å²) in [6.45, 7) is 3.95. The van der Waals surface area contributed by atoms with Gasteiger partial charge in [-0.3, -0.25) is 4.79 Å². The molecule has 0 spiro atoms. The van der Waals surface area contributed by atoms with Gasteiger partial charge in [0.1, 0.15) is 12.1 Å². The van der Waals surface area contributed by atoms with E-state index >= 15 is 0 Å². The van der Waals surface area contributed by atoms with Gasteiger partial charge in [-0.1, -0.05) is 0 Å². The molecular weight excluding hydrogens is 316 g/mol. The van der Waals surface area contributed by atoms with Gasteiger partial charge in [-0.05, 0) is 44.4 Å². The summed E-state index contributed by atoms with van der Waals surface area (Å²) in [7, 11) is 0. The zero-order chi connectivity index (χ0) is 17.2. The number of hydrogen-bond donors (Lipinski definition) is 1. The number of aromatic nitrogens is 2. The quantitative estimate of drug-likeness (QED) is 0.884. The van der Waals surface area contributed by atoms with E-state index in [1.165, 1.54) is 12.8 Å². The molecule has 0 radical (unpaired) electrons. The minimum absolute atomic E-state index is 0.151. The van der Waals surface area contributed by atoms with E-state index in [0.29, 0.717) is 17.7 Å². The number of aliphatic hydroxyl groups excluding tert-OH is 1. The lowest BCUT2D eigenvalue weighted by Crippen LogP contribution is -2.36. The second-order valence-electron chi connectivity index (χ2n) is 7.83. The van der Waals surface area contributed by atoms with Crippen LogP contribution in [0.4, 0.5) is 5.82 Å². The lowest BCUT2D eigenvalue weighted by Gasteiger charge is -2.34. The number of carbonyl (C=O) groups excluding carboxylic acids is 1. The number of carbonyl (C=O) groups is 1. The van der Waals surface area contributed by atoms with Crippen molar-refractivity contribution in [2.75, 3.05) is 31.1 Å². The molecule has 1 aromatic rings. The zero-order valence-corrected chi connectivity index (χ0v) is 14.8. The second kappa shape index (κ2) is 7.28. The van der Waals surface area contributed by atoms with E-state index in [-0.39, 0.29) is 6.10 Å². The Hall–Kier alpha value is -1.69. The van der Waals surface area contributed by atoms with E-state index in [1.54, 1.807) is 6.33 Å². The van der Waals surface area contributed by atoms with E-state index in [9.17, 15) is 9.90 Å². The van der Waals surface area contributed by atoms with Gasteiger partial charge in [0.2, 0.25) is 5.91 Å². The molecule has 1 amide bonds. The van der Waals surface area contributed by atoms with Gasteiger partial charge in [-0.15, -0.1) is 0 Å². The second-order valence-corrected chi connectivity index (χ2v) is 7.83. The van der Waals surface area contributed by atoms with Gasteiger partial charge < -0.3 is 14.9 Å². The Balaban J connectivity index is 1.27. The first-order chi connectivity index (χ1) is 12.2. The Morgan fingerprint density at radius 3 is 2.64 bits per heavy atom. The monoisotopic (exact) mass is 344 g/mol. The van der Waals surface area contributed by atoms with Crippen molar-refractivity contribution in [1.29, 1.82) is 0 Å². The Bertz CT molecular complexity index is 609. The van der Waals surface area contributed by atoms with Crippen LogP contribution in [0, 0.1) is 5.92 Å². The molecular formula is C19H28N4O2. The summed E-state index contributed by atoms with van der Waals surface area (Å²) in [4.78, 5) is 25.0. The van der Waals surface area contributed by atoms with Crippen molar-refractivity contribution < 1.29 is 9.90 Å². The predicted molar refractivity (Wildman–Crippen MR) is 95.4 cm³/mol. The van der Waals surface area contributed by atoms with E-state index < -0.39 is 0 Å². The average Bonchev–Trinajstić information content (AvgIpc) is 3.03. The number of likely N-dealkylation sites (tertiary alicyclic amines) is 1. The van der Waals surface area contributed by atoms with Gasteiger partial charge in [0.15, 0.2) is 0 Å². The Labute approximate surface area is 149 Å². The number of amides is 1. The van der Waals surface area contributed by atoms with Gasteiger partial charge in [0, 0.05) is 50.3 Å². The molecule has 1 aromatic heterocycles. The maximum absolute atomic E-state index is 11.7. The minimum Gasteiger partial charge on any atom is -0.393 e. The highest BCUT2D eigenvalue weighted by molar-refractivity contribution is 5.77. The molecule has 0 unspecified atom stereocenters. The van der Waals surface area contributed by atoms with Crippen molar-refractivity contribution in [3.63, 3.8) is 0 Å². The van der Waals surface area contributed by atoms with Crippen LogP contribution in [0.2, 0.25) is 0 Å². The number of aliphatic hydroxyl groups is 1. The molecule has 0 aromatic carbocycles. The van der Waals surface area contributed by atoms with Crippen LogP contribution in [0.1, 0.15) is 56.6 Å². The molecule has 0 atom stereocenters. The minimum atomic E-state index is -0.151. The lowest BCUT2D eigenvalue weighted by atomic mass is 9.80. The molecule has 2 aliphatic heterocycles. The lowest BCUT2D eigenvalue weighted by molar-refractivity contribution is -0.127. The fraction of sp³-hybridized carbons (Fsp3) is 0.737. The van der Waals surface area contributed by atoms with Crippen molar-refractivity contribution in [3.8, 4) is 0 Å². The number of anilines is 1. The van der Waals surface area contributed by atoms with Crippen LogP contribution in [0.3, 0.4) is 0 Å². The molecule has 136 valence electrons. The number of hydrogen-bond acceptors (Lipinski definition) is 5. The fourth-order valence-corrected chi connectivity index (χ4v) is 4.32. The first-order valence-electron chi connectivity index (χ1n) is 9.72. The summed E-state index contributed by atoms with van der Waals surface area (Å²) in [6, 6.07) is 2.11. The van der Waals surface area contributed by atoms with Crippen LogP contribution in [-0.2, 0) is 4.79 Å². The fourth-order valence-electron chi connectivity index (χ4n) is 4.32. The summed E-state index contributed by atoms with van der Waals surface area (Å²) in [5.41, 5.74) is 1.07. The SMILES string of the molecule is O=C1CCCN1CCC1CCN(c2cc(C3CC(O)C3)ncn2)CC1. The summed E-state index contributed by atoms with van der Waals surface area (Å²) in [5, 5.41) is 9.49. The summed E-state index contributed by atoms with van der Waals surface area (Å²) in [6.07, 6.45) is 8.42. The van der Waals surface area contributed by atoms with Crippen LogP contribution in [0.5, 0.6) is 0 Å². The molecule has 0 bridgehead atoms. The van der Waals surface area contributed by atoms with Crippen LogP contribution < -0.4 is 4.90 Å². The molecule has 2 saturated heterocycles. The van der Waals surface area contributed by atoms with Gasteiger partial charge in [0.25, 0.3) is 0 Å². The van der Waals surface area contributed by atoms with Gasteiger partial charge in [0.05, 0.1) is 6.10 Å². The van der Waals surface area contributed by atoms with E-state index in [2.05, 4.69) is 20.9 Å². The number of rotatable bonds is 5. The first-order valence-corrected chi connectivity index (χ1v) is 9.72. The molecule has 3 heterocycles. The molecule has 3 fully saturated rings. The molecule has 6 nitrogen and oxygen atoms in total. The molecule has 3 aliphatic rings. The highest BCUT2D eigenvalue weighted by Crippen LogP contribution is 2.36. The third kappa shape index (κ3) is 3.78. The third-order valence-corrected chi connectivity index (χ3v) is 6.12. The highest BCUT2D eigenvalue weighted by atomic mass is 16.3. The molecule has 1 aliphatic carbocycles. The average molecular weight is 344 g/mol. The summed E-state index contributed by atoms with van der Waals surface area (Å²) in [5.74, 6) is 2.48. The summed E-state index contributed by atoms with van der Waals surface area (Å²) < 4.78 is 0. The van der Waals surface area contributed by atoms with Crippen LogP contribution in [0.15, 0.2) is 12.4 Å². The third-order valence-electron chi connectivity index (χ3n) is 6.12. The molecule has 4 rings (SSSR count). The Morgan fingerprint density at radius 2 is 1.96 bits per heavy atom. The smallest absolute Gasteiger partial charge is 0.222 e. The normalized spacial score (nSPS) is 27.6. The van der Waals surface area contributed by atoms with E-state index in [1.807, 2.05) is 4.90 Å². The highest BCUT2D eigenvalue weighted by Gasteiger charge is 2.30. The summed E-state index contributed by atoms with van der Waals surface area (Å²) >= 11 is 0. The first kappa shape index (κ1) is 16.8. The standard InChI is InChI=1S/C19H28N4O2/c24-16-10-15(11-16)17-12-18(21-13-20-17)22-7-3-14(4-8-22)5-9-23-6-1-2-19(23)25/h12-16,24H,1-11H2. The topological polar surface area (TPSA) is 69.6 Å². The Morgan fingerprint density at radius 1 is 1.16 bits per heavy atom. The van der Waals surface area contributed by atoms with Crippen LogP contribution in [0.25, 0.3) is 0 Å². The molecule has 1 saturated carbocycles. The maximum atomic E-state index is 11.7. The predicted octanol–water partition coefficient (Wildman–Crippen LogP) is 1.94. The van der Waals surface area contributed by atoms with Crippen LogP contribution >= 0.6 is 0 Å². The van der Waals surface area contributed by atoms with E-state index in [0.717, 1.165) is 69.8 Å². The largest absolute Gasteiger partial charge is 0.393 e. The van der Waals surface area contributed by atoms with Crippen molar-refractivity contribution in [3.05, 3.63) is 18.1 Å². The van der Waals surface area contributed by atoms with E-state index in [4.69, 9.17) is 0 Å². The molecule has 6 heteroatoms. The van der Waals surface area contributed by atoms with Gasteiger partial charge in [-0.2, -0.15) is 0 Å². The zero-order valence-electron chi connectivity index (χ0n) is 14.8. The number of piperidine rings is 1. The van der Waals surface area contributed by atoms with Gasteiger partial charge in [-0.25, -0.2) is 9.97 Å². The van der Waals surface area contributed by atoms with Crippen molar-refractivity contribution in [2.24, 2.45) is 5.92 Å².